The summed E-state index contributed by atoms with van der Waals surface area (Å²) in [5, 5.41) is 0.984. The molecule has 0 unspecified atom stereocenters. The Hall–Kier alpha value is -2.84. The Bertz CT molecular complexity index is 1140. The summed E-state index contributed by atoms with van der Waals surface area (Å²) in [5.41, 5.74) is 0.833. The molecule has 160 valence electrons. The Morgan fingerprint density at radius 3 is 2.06 bits per heavy atom. The molecule has 0 bridgehead atoms. The molecular weight excluding hydrogens is 404 g/mol. The van der Waals surface area contributed by atoms with Gasteiger partial charge in [0, 0.05) is 19.3 Å². The van der Waals surface area contributed by atoms with Crippen LogP contribution in [0.3, 0.4) is 0 Å². The highest BCUT2D eigenvalue weighted by molar-refractivity contribution is 5.84. The quantitative estimate of drug-likeness (QED) is 0.334. The lowest BCUT2D eigenvalue weighted by Crippen LogP contribution is -2.17. The molecule has 0 spiro atoms. The van der Waals surface area contributed by atoms with Crippen molar-refractivity contribution in [2.45, 2.75) is 31.6 Å². The predicted molar refractivity (Wildman–Crippen MR) is 113 cm³/mol. The standard InChI is InChI=1S/C26H22F4O/c1-31-15-17-3-6-18(7-4-17)21-12-23(27)22(24(28)13-21)9-5-16-2-8-19-11-25(29)26(30)14-20(19)10-16/h2,8,10-14,17-18H,3-4,6-7,15H2,1H3. The van der Waals surface area contributed by atoms with E-state index in [4.69, 9.17) is 4.74 Å². The van der Waals surface area contributed by atoms with Crippen LogP contribution in [-0.2, 0) is 4.74 Å². The Labute approximate surface area is 179 Å². The van der Waals surface area contributed by atoms with Gasteiger partial charge >= 0.3 is 0 Å². The largest absolute Gasteiger partial charge is 0.384 e. The van der Waals surface area contributed by atoms with E-state index in [9.17, 15) is 17.6 Å². The van der Waals surface area contributed by atoms with Crippen molar-refractivity contribution in [2.75, 3.05) is 13.7 Å². The van der Waals surface area contributed by atoms with Gasteiger partial charge in [-0.15, -0.1) is 0 Å². The second-order valence-electron chi connectivity index (χ2n) is 8.11. The summed E-state index contributed by atoms with van der Waals surface area (Å²) in [6.07, 6.45) is 3.73. The minimum atomic E-state index is -0.957. The van der Waals surface area contributed by atoms with Crippen LogP contribution in [0.2, 0.25) is 0 Å². The van der Waals surface area contributed by atoms with Gasteiger partial charge in [-0.3, -0.25) is 0 Å². The fraction of sp³-hybridized carbons (Fsp3) is 0.308. The van der Waals surface area contributed by atoms with Crippen molar-refractivity contribution in [3.05, 3.63) is 82.4 Å². The highest BCUT2D eigenvalue weighted by atomic mass is 19.2. The zero-order valence-corrected chi connectivity index (χ0v) is 17.2. The number of rotatable bonds is 3. The first-order valence-corrected chi connectivity index (χ1v) is 10.3. The lowest BCUT2D eigenvalue weighted by Gasteiger charge is -2.28. The lowest BCUT2D eigenvalue weighted by molar-refractivity contribution is 0.127. The van der Waals surface area contributed by atoms with Crippen LogP contribution in [0.25, 0.3) is 10.8 Å². The first-order chi connectivity index (χ1) is 14.9. The van der Waals surface area contributed by atoms with Crippen LogP contribution in [0.5, 0.6) is 0 Å². The van der Waals surface area contributed by atoms with Crippen molar-refractivity contribution in [1.82, 2.24) is 0 Å². The molecule has 4 rings (SSSR count). The van der Waals surface area contributed by atoms with E-state index in [0.29, 0.717) is 27.8 Å². The lowest BCUT2D eigenvalue weighted by atomic mass is 9.79. The number of halogens is 4. The number of ether oxygens (including phenoxy) is 1. The maximum atomic E-state index is 14.7. The second kappa shape index (κ2) is 9.11. The molecule has 3 aromatic rings. The summed E-state index contributed by atoms with van der Waals surface area (Å²) < 4.78 is 61.3. The van der Waals surface area contributed by atoms with Crippen molar-refractivity contribution in [2.24, 2.45) is 5.92 Å². The number of benzene rings is 3. The van der Waals surface area contributed by atoms with Crippen molar-refractivity contribution >= 4 is 10.8 Å². The summed E-state index contributed by atoms with van der Waals surface area (Å²) in [6, 6.07) is 9.70. The van der Waals surface area contributed by atoms with E-state index < -0.39 is 23.3 Å². The highest BCUT2D eigenvalue weighted by Gasteiger charge is 2.24. The van der Waals surface area contributed by atoms with Gasteiger partial charge in [-0.2, -0.15) is 0 Å². The van der Waals surface area contributed by atoms with Crippen LogP contribution in [-0.4, -0.2) is 13.7 Å². The number of methoxy groups -OCH3 is 1. The van der Waals surface area contributed by atoms with Gasteiger partial charge in [0.2, 0.25) is 0 Å². The molecule has 0 aliphatic heterocycles. The summed E-state index contributed by atoms with van der Waals surface area (Å²) in [7, 11) is 1.69. The van der Waals surface area contributed by atoms with E-state index >= 15 is 0 Å². The van der Waals surface area contributed by atoms with Crippen LogP contribution >= 0.6 is 0 Å². The molecule has 0 heterocycles. The number of hydrogen-bond acceptors (Lipinski definition) is 1. The minimum Gasteiger partial charge on any atom is -0.384 e. The highest BCUT2D eigenvalue weighted by Crippen LogP contribution is 2.36. The molecule has 0 N–H and O–H groups in total. The molecule has 1 nitrogen and oxygen atoms in total. The van der Waals surface area contributed by atoms with Crippen LogP contribution < -0.4 is 0 Å². The summed E-state index contributed by atoms with van der Waals surface area (Å²) in [5.74, 6) is 2.67. The molecule has 3 aromatic carbocycles. The van der Waals surface area contributed by atoms with Crippen LogP contribution in [0.15, 0.2) is 42.5 Å². The molecule has 1 fully saturated rings. The van der Waals surface area contributed by atoms with Gasteiger partial charge in [-0.1, -0.05) is 17.9 Å². The minimum absolute atomic E-state index is 0.134. The molecule has 1 aliphatic carbocycles. The van der Waals surface area contributed by atoms with E-state index in [0.717, 1.165) is 44.4 Å². The third kappa shape index (κ3) is 4.75. The fourth-order valence-corrected chi connectivity index (χ4v) is 4.30. The molecular formula is C26H22F4O. The Morgan fingerprint density at radius 2 is 1.42 bits per heavy atom. The monoisotopic (exact) mass is 426 g/mol. The average Bonchev–Trinajstić information content (AvgIpc) is 2.75. The molecule has 0 amide bonds. The van der Waals surface area contributed by atoms with Gasteiger partial charge in [0.15, 0.2) is 11.6 Å². The van der Waals surface area contributed by atoms with Gasteiger partial charge in [-0.05, 0) is 90.3 Å². The van der Waals surface area contributed by atoms with Gasteiger partial charge < -0.3 is 4.74 Å². The third-order valence-corrected chi connectivity index (χ3v) is 6.00. The van der Waals surface area contributed by atoms with Crippen LogP contribution in [0.4, 0.5) is 17.6 Å². The van der Waals surface area contributed by atoms with Crippen LogP contribution in [0, 0.1) is 41.0 Å². The van der Waals surface area contributed by atoms with Crippen molar-refractivity contribution in [1.29, 1.82) is 0 Å². The van der Waals surface area contributed by atoms with Crippen molar-refractivity contribution in [3.8, 4) is 11.8 Å². The first kappa shape index (κ1) is 21.4. The number of fused-ring (bicyclic) bond motifs is 1. The summed E-state index contributed by atoms with van der Waals surface area (Å²) in [6.45, 7) is 0.723. The molecule has 0 radical (unpaired) electrons. The smallest absolute Gasteiger partial charge is 0.159 e. The summed E-state index contributed by atoms with van der Waals surface area (Å²) >= 11 is 0. The average molecular weight is 426 g/mol. The molecule has 1 aliphatic rings. The molecule has 31 heavy (non-hydrogen) atoms. The van der Waals surface area contributed by atoms with Gasteiger partial charge in [0.25, 0.3) is 0 Å². The van der Waals surface area contributed by atoms with E-state index in [2.05, 4.69) is 11.8 Å². The maximum Gasteiger partial charge on any atom is 0.159 e. The van der Waals surface area contributed by atoms with E-state index in [1.54, 1.807) is 25.3 Å². The fourth-order valence-electron chi connectivity index (χ4n) is 4.30. The molecule has 1 saturated carbocycles. The molecule has 0 atom stereocenters. The van der Waals surface area contributed by atoms with E-state index in [1.165, 1.54) is 12.1 Å². The number of hydrogen-bond donors (Lipinski definition) is 0. The molecule has 5 heteroatoms. The van der Waals surface area contributed by atoms with Gasteiger partial charge in [0.05, 0.1) is 5.56 Å². The Morgan fingerprint density at radius 1 is 0.774 bits per heavy atom. The topological polar surface area (TPSA) is 9.23 Å². The third-order valence-electron chi connectivity index (χ3n) is 6.00. The summed E-state index contributed by atoms with van der Waals surface area (Å²) in [4.78, 5) is 0. The molecule has 0 saturated heterocycles. The van der Waals surface area contributed by atoms with E-state index in [1.807, 2.05) is 0 Å². The van der Waals surface area contributed by atoms with E-state index in [-0.39, 0.29) is 11.5 Å². The SMILES string of the molecule is COCC1CCC(c2cc(F)c(C#Cc3ccc4cc(F)c(F)cc4c3)c(F)c2)CC1. The van der Waals surface area contributed by atoms with Crippen LogP contribution in [0.1, 0.15) is 48.3 Å². The normalized spacial score (nSPS) is 18.6. The zero-order valence-electron chi connectivity index (χ0n) is 17.2. The molecule has 0 aromatic heterocycles. The Balaban J connectivity index is 1.56. The second-order valence-corrected chi connectivity index (χ2v) is 8.11. The van der Waals surface area contributed by atoms with Gasteiger partial charge in [-0.25, -0.2) is 17.6 Å². The van der Waals surface area contributed by atoms with Gasteiger partial charge in [0.1, 0.15) is 11.6 Å². The predicted octanol–water partition coefficient (Wildman–Crippen LogP) is 6.72. The maximum absolute atomic E-state index is 14.7. The Kier molecular flexibility index (Phi) is 6.29. The first-order valence-electron chi connectivity index (χ1n) is 10.3. The zero-order chi connectivity index (χ0) is 22.0. The van der Waals surface area contributed by atoms with Crippen molar-refractivity contribution in [3.63, 3.8) is 0 Å². The van der Waals surface area contributed by atoms with Crippen molar-refractivity contribution < 1.29 is 22.3 Å².